The van der Waals surface area contributed by atoms with Crippen LogP contribution >= 0.6 is 23.2 Å². The Morgan fingerprint density at radius 3 is 2.68 bits per heavy atom. The first-order chi connectivity index (χ1) is 15.2. The zero-order valence-corrected chi connectivity index (χ0v) is 17.4. The molecular weight excluding hydrogens is 435 g/mol. The van der Waals surface area contributed by atoms with Crippen LogP contribution in [0.25, 0.3) is 5.70 Å². The second-order valence-electron chi connectivity index (χ2n) is 7.28. The Morgan fingerprint density at radius 2 is 1.84 bits per heavy atom. The molecule has 0 fully saturated rings. The maximum absolute atomic E-state index is 6.52. The maximum atomic E-state index is 6.52. The highest BCUT2D eigenvalue weighted by molar-refractivity contribution is 6.31. The molecule has 1 N–H and O–H groups in total. The molecule has 4 heterocycles. The molecule has 2 aromatic heterocycles. The Hall–Kier alpha value is -3.42. The lowest BCUT2D eigenvalue weighted by molar-refractivity contribution is 0.222. The highest BCUT2D eigenvalue weighted by atomic mass is 35.5. The van der Waals surface area contributed by atoms with Gasteiger partial charge in [-0.25, -0.2) is 0 Å². The highest BCUT2D eigenvalue weighted by Gasteiger charge is 2.41. The van der Waals surface area contributed by atoms with Crippen LogP contribution in [0.15, 0.2) is 72.6 Å². The second-order valence-corrected chi connectivity index (χ2v) is 8.16. The minimum absolute atomic E-state index is 0.328. The molecule has 0 aliphatic carbocycles. The average molecular weight is 449 g/mol. The first-order valence-corrected chi connectivity index (χ1v) is 10.4. The minimum atomic E-state index is -0.419. The first-order valence-electron chi connectivity index (χ1n) is 9.60. The number of aromatic nitrogens is 5. The van der Waals surface area contributed by atoms with Gasteiger partial charge in [-0.1, -0.05) is 46.5 Å². The van der Waals surface area contributed by atoms with Crippen molar-refractivity contribution < 1.29 is 4.74 Å². The van der Waals surface area contributed by atoms with Crippen LogP contribution in [0.1, 0.15) is 28.8 Å². The van der Waals surface area contributed by atoms with E-state index in [1.807, 2.05) is 60.8 Å². The van der Waals surface area contributed by atoms with E-state index >= 15 is 0 Å². The molecule has 0 radical (unpaired) electrons. The van der Waals surface area contributed by atoms with Crippen molar-refractivity contribution in [3.05, 3.63) is 99.3 Å². The Labute approximate surface area is 187 Å². The van der Waals surface area contributed by atoms with Crippen LogP contribution in [0.5, 0.6) is 5.75 Å². The number of anilines is 1. The van der Waals surface area contributed by atoms with Crippen molar-refractivity contribution in [2.24, 2.45) is 0 Å². The topological polar surface area (TPSA) is 77.8 Å². The predicted octanol–water partition coefficient (Wildman–Crippen LogP) is 4.93. The van der Waals surface area contributed by atoms with Gasteiger partial charge < -0.3 is 10.1 Å². The Morgan fingerprint density at radius 1 is 0.968 bits per heavy atom. The number of benzene rings is 2. The number of halogens is 2. The molecular formula is C22H14Cl2N6O. The maximum Gasteiger partial charge on any atom is 0.248 e. The van der Waals surface area contributed by atoms with E-state index < -0.39 is 6.10 Å². The quantitative estimate of drug-likeness (QED) is 0.468. The van der Waals surface area contributed by atoms with Gasteiger partial charge in [0, 0.05) is 33.6 Å². The number of hydrogen-bond acceptors (Lipinski definition) is 6. The summed E-state index contributed by atoms with van der Waals surface area (Å²) < 4.78 is 8.27. The molecule has 6 rings (SSSR count). The van der Waals surface area contributed by atoms with E-state index in [0.717, 1.165) is 28.0 Å². The van der Waals surface area contributed by atoms with Gasteiger partial charge in [-0.15, -0.1) is 0 Å². The summed E-state index contributed by atoms with van der Waals surface area (Å²) >= 11 is 12.7. The van der Waals surface area contributed by atoms with Crippen LogP contribution in [-0.2, 0) is 0 Å². The van der Waals surface area contributed by atoms with Crippen molar-refractivity contribution in [1.82, 2.24) is 25.2 Å². The van der Waals surface area contributed by atoms with Gasteiger partial charge in [0.05, 0.1) is 5.70 Å². The molecule has 2 aromatic carbocycles. The van der Waals surface area contributed by atoms with Gasteiger partial charge in [0.25, 0.3) is 0 Å². The van der Waals surface area contributed by atoms with E-state index in [1.165, 1.54) is 0 Å². The van der Waals surface area contributed by atoms with E-state index in [2.05, 4.69) is 25.8 Å². The number of nitrogens with zero attached hydrogens (tertiary/aromatic N) is 5. The summed E-state index contributed by atoms with van der Waals surface area (Å²) in [4.78, 5) is 4.32. The number of tetrazole rings is 1. The number of fused-ring (bicyclic) bond motifs is 3. The number of pyridine rings is 1. The number of rotatable bonds is 2. The van der Waals surface area contributed by atoms with Crippen LogP contribution in [-0.4, -0.2) is 25.2 Å². The highest BCUT2D eigenvalue weighted by Crippen LogP contribution is 2.50. The van der Waals surface area contributed by atoms with Crippen molar-refractivity contribution in [1.29, 1.82) is 0 Å². The lowest BCUT2D eigenvalue weighted by Gasteiger charge is -2.38. The molecule has 0 amide bonds. The first kappa shape index (κ1) is 18.4. The predicted molar refractivity (Wildman–Crippen MR) is 117 cm³/mol. The van der Waals surface area contributed by atoms with Gasteiger partial charge in [-0.3, -0.25) is 4.98 Å². The van der Waals surface area contributed by atoms with Crippen LogP contribution < -0.4 is 10.1 Å². The summed E-state index contributed by atoms with van der Waals surface area (Å²) in [5.74, 6) is 1.25. The molecule has 7 nitrogen and oxygen atoms in total. The SMILES string of the molecule is Clc1cccc([C@@H]2Oc3ccc(Cl)cc3C3=C2[C@H](c2cccnc2)n2nnnc2N3)c1. The smallest absolute Gasteiger partial charge is 0.248 e. The molecule has 2 aliphatic heterocycles. The zero-order valence-electron chi connectivity index (χ0n) is 15.9. The molecule has 152 valence electrons. The van der Waals surface area contributed by atoms with Crippen molar-refractivity contribution in [3.8, 4) is 5.75 Å². The summed E-state index contributed by atoms with van der Waals surface area (Å²) in [6.07, 6.45) is 3.13. The van der Waals surface area contributed by atoms with Crippen LogP contribution in [0.3, 0.4) is 0 Å². The zero-order chi connectivity index (χ0) is 20.9. The standard InChI is InChI=1S/C22H14Cl2N6O/c23-14-5-1-3-12(9-14)21-18-19(16-10-15(24)6-7-17(16)31-21)26-22-27-28-29-30(22)20(18)13-4-2-8-25-11-13/h1-11,20-21H,(H,26,27,29)/t20-,21-/m0/s1. The van der Waals surface area contributed by atoms with E-state index in [1.54, 1.807) is 10.9 Å². The number of nitrogens with one attached hydrogen (secondary N) is 1. The summed E-state index contributed by atoms with van der Waals surface area (Å²) in [6.45, 7) is 0. The van der Waals surface area contributed by atoms with Gasteiger partial charge in [-0.05, 0) is 58.0 Å². The molecule has 31 heavy (non-hydrogen) atoms. The van der Waals surface area contributed by atoms with E-state index in [-0.39, 0.29) is 6.04 Å². The van der Waals surface area contributed by atoms with Crippen molar-refractivity contribution in [3.63, 3.8) is 0 Å². The number of ether oxygens (including phenoxy) is 1. The summed E-state index contributed by atoms with van der Waals surface area (Å²) in [7, 11) is 0. The van der Waals surface area contributed by atoms with Crippen molar-refractivity contribution in [2.45, 2.75) is 12.1 Å². The Bertz CT molecular complexity index is 1340. The monoisotopic (exact) mass is 448 g/mol. The lowest BCUT2D eigenvalue weighted by atomic mass is 9.85. The number of hydrogen-bond donors (Lipinski definition) is 1. The van der Waals surface area contributed by atoms with Gasteiger partial charge in [-0.2, -0.15) is 4.68 Å². The van der Waals surface area contributed by atoms with Crippen LogP contribution in [0, 0.1) is 0 Å². The lowest BCUT2D eigenvalue weighted by Crippen LogP contribution is -2.32. The third-order valence-corrected chi connectivity index (χ3v) is 5.92. The molecule has 0 saturated carbocycles. The molecule has 0 bridgehead atoms. The Kier molecular flexibility index (Phi) is 4.19. The summed E-state index contributed by atoms with van der Waals surface area (Å²) in [5, 5.41) is 16.9. The van der Waals surface area contributed by atoms with Gasteiger partial charge in [0.1, 0.15) is 17.9 Å². The average Bonchev–Trinajstić information content (AvgIpc) is 3.26. The normalized spacial score (nSPS) is 19.0. The third-order valence-electron chi connectivity index (χ3n) is 5.45. The molecule has 2 aliphatic rings. The molecule has 4 aromatic rings. The molecule has 9 heteroatoms. The van der Waals surface area contributed by atoms with Crippen LogP contribution in [0.2, 0.25) is 10.0 Å². The minimum Gasteiger partial charge on any atom is -0.480 e. The van der Waals surface area contributed by atoms with E-state index in [9.17, 15) is 0 Å². The van der Waals surface area contributed by atoms with Gasteiger partial charge in [0.2, 0.25) is 5.95 Å². The molecule has 0 saturated heterocycles. The summed E-state index contributed by atoms with van der Waals surface area (Å²) in [5.41, 5.74) is 4.53. The Balaban J connectivity index is 1.65. The fourth-order valence-corrected chi connectivity index (χ4v) is 4.54. The second kappa shape index (κ2) is 7.08. The van der Waals surface area contributed by atoms with Crippen molar-refractivity contribution in [2.75, 3.05) is 5.32 Å². The van der Waals surface area contributed by atoms with E-state index in [0.29, 0.717) is 21.7 Å². The fraction of sp³-hybridized carbons (Fsp3) is 0.0909. The van der Waals surface area contributed by atoms with Gasteiger partial charge in [0.15, 0.2) is 0 Å². The molecule has 2 atom stereocenters. The van der Waals surface area contributed by atoms with Crippen LogP contribution in [0.4, 0.5) is 5.95 Å². The largest absolute Gasteiger partial charge is 0.480 e. The van der Waals surface area contributed by atoms with E-state index in [4.69, 9.17) is 27.9 Å². The molecule has 0 spiro atoms. The molecule has 0 unspecified atom stereocenters. The van der Waals surface area contributed by atoms with Crippen molar-refractivity contribution >= 4 is 34.8 Å². The summed E-state index contributed by atoms with van der Waals surface area (Å²) in [6, 6.07) is 16.8. The third kappa shape index (κ3) is 2.97. The fourth-order valence-electron chi connectivity index (χ4n) is 4.17. The van der Waals surface area contributed by atoms with Gasteiger partial charge >= 0.3 is 0 Å².